The minimum atomic E-state index is -3.59. The Kier molecular flexibility index (Phi) is 7.07. The third kappa shape index (κ3) is 6.05. The van der Waals surface area contributed by atoms with Gasteiger partial charge in [-0.2, -0.15) is 0 Å². The highest BCUT2D eigenvalue weighted by Crippen LogP contribution is 2.09. The number of amides is 1. The van der Waals surface area contributed by atoms with Gasteiger partial charge in [0.1, 0.15) is 0 Å². The molecule has 0 bridgehead atoms. The first-order valence-electron chi connectivity index (χ1n) is 8.01. The molecular weight excluding hydrogens is 372 g/mol. The first kappa shape index (κ1) is 20.3. The van der Waals surface area contributed by atoms with E-state index in [-0.39, 0.29) is 23.9 Å². The Bertz CT molecular complexity index is 894. The van der Waals surface area contributed by atoms with Crippen molar-refractivity contribution in [3.05, 3.63) is 65.2 Å². The Hall–Kier alpha value is -2.03. The van der Waals surface area contributed by atoms with Gasteiger partial charge in [-0.15, -0.1) is 0 Å². The van der Waals surface area contributed by atoms with Gasteiger partial charge in [0.15, 0.2) is 0 Å². The zero-order valence-corrected chi connectivity index (χ0v) is 16.3. The molecule has 0 aliphatic carbocycles. The van der Waals surface area contributed by atoms with Crippen LogP contribution in [0.25, 0.3) is 0 Å². The average molecular weight is 395 g/mol. The molecule has 0 saturated carbocycles. The van der Waals surface area contributed by atoms with Gasteiger partial charge >= 0.3 is 0 Å². The van der Waals surface area contributed by atoms with Crippen molar-refractivity contribution in [1.29, 1.82) is 0 Å². The van der Waals surface area contributed by atoms with Gasteiger partial charge in [0, 0.05) is 41.5 Å². The summed E-state index contributed by atoms with van der Waals surface area (Å²) in [6.07, 6.45) is 1.60. The van der Waals surface area contributed by atoms with E-state index >= 15 is 0 Å². The number of sulfonamides is 1. The third-order valence-electron chi connectivity index (χ3n) is 3.59. The monoisotopic (exact) mass is 394 g/mol. The number of nitrogens with one attached hydrogen (secondary N) is 2. The van der Waals surface area contributed by atoms with Crippen LogP contribution in [0, 0.1) is 6.92 Å². The molecule has 140 valence electrons. The fraction of sp³-hybridized carbons (Fsp3) is 0.278. The summed E-state index contributed by atoms with van der Waals surface area (Å²) in [6.45, 7) is 2.13. The molecule has 2 N–H and O–H groups in total. The van der Waals surface area contributed by atoms with Gasteiger partial charge in [-0.25, -0.2) is 13.1 Å². The van der Waals surface area contributed by atoms with Gasteiger partial charge in [0.05, 0.1) is 4.90 Å². The Labute approximate surface area is 156 Å². The van der Waals surface area contributed by atoms with E-state index in [1.54, 1.807) is 48.7 Å². The molecule has 6 nitrogen and oxygen atoms in total. The molecule has 1 amide bonds. The van der Waals surface area contributed by atoms with E-state index in [0.717, 1.165) is 11.1 Å². The van der Waals surface area contributed by atoms with Gasteiger partial charge in [0.25, 0.3) is 5.91 Å². The van der Waals surface area contributed by atoms with Crippen LogP contribution in [-0.4, -0.2) is 37.9 Å². The lowest BCUT2D eigenvalue weighted by Gasteiger charge is -2.09. The summed E-state index contributed by atoms with van der Waals surface area (Å²) in [7, 11) is -4.58. The fourth-order valence-corrected chi connectivity index (χ4v) is 3.98. The number of carbonyl (C=O) groups excluding carboxylic acids is 1. The maximum absolute atomic E-state index is 12.2. The molecule has 0 radical (unpaired) electrons. The van der Waals surface area contributed by atoms with Crippen molar-refractivity contribution in [2.75, 3.05) is 19.3 Å². The zero-order chi connectivity index (χ0) is 19.2. The molecule has 1 atom stereocenters. The van der Waals surface area contributed by atoms with Gasteiger partial charge in [0.2, 0.25) is 10.0 Å². The molecule has 26 heavy (non-hydrogen) atoms. The highest BCUT2D eigenvalue weighted by Gasteiger charge is 2.13. The van der Waals surface area contributed by atoms with Crippen molar-refractivity contribution < 1.29 is 17.4 Å². The molecule has 2 rings (SSSR count). The van der Waals surface area contributed by atoms with E-state index in [0.29, 0.717) is 11.3 Å². The first-order chi connectivity index (χ1) is 12.3. The van der Waals surface area contributed by atoms with E-state index in [1.165, 1.54) is 0 Å². The van der Waals surface area contributed by atoms with Crippen LogP contribution in [0.2, 0.25) is 0 Å². The summed E-state index contributed by atoms with van der Waals surface area (Å²) in [5.74, 6) is 0.0838. The van der Waals surface area contributed by atoms with Crippen molar-refractivity contribution in [3.8, 4) is 0 Å². The molecule has 0 saturated heterocycles. The average Bonchev–Trinajstić information content (AvgIpc) is 2.58. The predicted octanol–water partition coefficient (Wildman–Crippen LogP) is 1.58. The summed E-state index contributed by atoms with van der Waals surface area (Å²) in [5, 5.41) is 2.67. The highest BCUT2D eigenvalue weighted by molar-refractivity contribution is 7.89. The van der Waals surface area contributed by atoms with Crippen LogP contribution >= 0.6 is 0 Å². The number of hydrogen-bond donors (Lipinski definition) is 2. The first-order valence-corrected chi connectivity index (χ1v) is 11.2. The number of rotatable bonds is 8. The summed E-state index contributed by atoms with van der Waals surface area (Å²) in [4.78, 5) is 12.3. The quantitative estimate of drug-likeness (QED) is 0.665. The lowest BCUT2D eigenvalue weighted by atomic mass is 10.1. The van der Waals surface area contributed by atoms with E-state index in [2.05, 4.69) is 10.0 Å². The Morgan fingerprint density at radius 2 is 1.77 bits per heavy atom. The largest absolute Gasteiger partial charge is 0.351 e. The van der Waals surface area contributed by atoms with Crippen LogP contribution in [-0.2, 0) is 26.6 Å². The normalized spacial score (nSPS) is 12.5. The van der Waals surface area contributed by atoms with Crippen molar-refractivity contribution in [2.24, 2.45) is 0 Å². The van der Waals surface area contributed by atoms with Crippen LogP contribution < -0.4 is 10.0 Å². The molecule has 2 aromatic rings. The molecule has 0 aliphatic heterocycles. The fourth-order valence-electron chi connectivity index (χ4n) is 2.30. The number of benzene rings is 2. The van der Waals surface area contributed by atoms with Gasteiger partial charge in [-0.1, -0.05) is 29.8 Å². The molecule has 0 heterocycles. The summed E-state index contributed by atoms with van der Waals surface area (Å²) >= 11 is 0. The van der Waals surface area contributed by atoms with Crippen LogP contribution in [0.15, 0.2) is 53.4 Å². The van der Waals surface area contributed by atoms with E-state index < -0.39 is 20.8 Å². The van der Waals surface area contributed by atoms with Gasteiger partial charge < -0.3 is 5.32 Å². The number of hydrogen-bond acceptors (Lipinski definition) is 4. The Morgan fingerprint density at radius 3 is 2.42 bits per heavy atom. The minimum Gasteiger partial charge on any atom is -0.351 e. The zero-order valence-electron chi connectivity index (χ0n) is 14.7. The van der Waals surface area contributed by atoms with Crippen molar-refractivity contribution in [1.82, 2.24) is 10.0 Å². The second-order valence-electron chi connectivity index (χ2n) is 5.88. The number of carbonyl (C=O) groups is 1. The molecule has 0 fully saturated rings. The molecule has 0 aliphatic rings. The second kappa shape index (κ2) is 9.07. The topological polar surface area (TPSA) is 92.3 Å². The minimum absolute atomic E-state index is 0.0839. The maximum atomic E-state index is 12.2. The molecule has 1 unspecified atom stereocenters. The number of aryl methyl sites for hydroxylation is 1. The van der Waals surface area contributed by atoms with Crippen LogP contribution in [0.5, 0.6) is 0 Å². The summed E-state index contributed by atoms with van der Waals surface area (Å²) in [6, 6.07) is 13.4. The van der Waals surface area contributed by atoms with E-state index in [4.69, 9.17) is 0 Å². The molecule has 8 heteroatoms. The van der Waals surface area contributed by atoms with Crippen LogP contribution in [0.3, 0.4) is 0 Å². The van der Waals surface area contributed by atoms with Crippen molar-refractivity contribution in [3.63, 3.8) is 0 Å². The molecule has 2 aromatic carbocycles. The summed E-state index contributed by atoms with van der Waals surface area (Å²) < 4.78 is 38.0. The molecular formula is C18H22N2O4S2. The summed E-state index contributed by atoms with van der Waals surface area (Å²) in [5.41, 5.74) is 2.25. The van der Waals surface area contributed by atoms with E-state index in [9.17, 15) is 17.4 Å². The SMILES string of the molecule is Cc1ccc(S(=O)(=O)NCCNC(=O)c2cccc(CS(C)=O)c2)cc1. The highest BCUT2D eigenvalue weighted by atomic mass is 32.2. The predicted molar refractivity (Wildman–Crippen MR) is 103 cm³/mol. The Balaban J connectivity index is 1.86. The smallest absolute Gasteiger partial charge is 0.251 e. The second-order valence-corrected chi connectivity index (χ2v) is 9.09. The molecule has 0 aromatic heterocycles. The Morgan fingerprint density at radius 1 is 1.08 bits per heavy atom. The van der Waals surface area contributed by atoms with Gasteiger partial charge in [-0.3, -0.25) is 9.00 Å². The van der Waals surface area contributed by atoms with Crippen molar-refractivity contribution in [2.45, 2.75) is 17.6 Å². The lowest BCUT2D eigenvalue weighted by molar-refractivity contribution is 0.0954. The molecule has 0 spiro atoms. The third-order valence-corrected chi connectivity index (χ3v) is 5.81. The van der Waals surface area contributed by atoms with Crippen LogP contribution in [0.1, 0.15) is 21.5 Å². The standard InChI is InChI=1S/C18H22N2O4S2/c1-14-6-8-17(9-7-14)26(23,24)20-11-10-19-18(21)16-5-3-4-15(12-16)13-25(2)22/h3-9,12,20H,10-11,13H2,1-2H3,(H,19,21). The lowest BCUT2D eigenvalue weighted by Crippen LogP contribution is -2.34. The maximum Gasteiger partial charge on any atom is 0.251 e. The van der Waals surface area contributed by atoms with E-state index in [1.807, 2.05) is 13.0 Å². The van der Waals surface area contributed by atoms with Crippen LogP contribution in [0.4, 0.5) is 0 Å². The van der Waals surface area contributed by atoms with Crippen molar-refractivity contribution >= 4 is 26.7 Å². The van der Waals surface area contributed by atoms with Gasteiger partial charge in [-0.05, 0) is 36.8 Å².